The molecule has 2 N–H and O–H groups in total. The average Bonchev–Trinajstić information content (AvgIpc) is 2.39. The minimum Gasteiger partial charge on any atom is -0.493 e. The zero-order chi connectivity index (χ0) is 13.7. The highest BCUT2D eigenvalue weighted by Crippen LogP contribution is 2.37. The summed E-state index contributed by atoms with van der Waals surface area (Å²) in [5.74, 6) is 0.514. The predicted molar refractivity (Wildman–Crippen MR) is 70.7 cm³/mol. The summed E-state index contributed by atoms with van der Waals surface area (Å²) in [4.78, 5) is 11.3. The molecule has 1 atom stereocenters. The zero-order valence-corrected chi connectivity index (χ0v) is 12.1. The number of carbonyl (C=O) groups is 1. The quantitative estimate of drug-likeness (QED) is 0.839. The third-order valence-electron chi connectivity index (χ3n) is 2.35. The summed E-state index contributed by atoms with van der Waals surface area (Å²) < 4.78 is 16.0. The number of ether oxygens (including phenoxy) is 3. The van der Waals surface area contributed by atoms with Crippen molar-refractivity contribution in [3.05, 3.63) is 22.2 Å². The molecule has 1 aromatic carbocycles. The van der Waals surface area contributed by atoms with Crippen LogP contribution in [-0.4, -0.2) is 26.3 Å². The Morgan fingerprint density at radius 3 is 2.61 bits per heavy atom. The summed E-state index contributed by atoms with van der Waals surface area (Å²) in [6, 6.07) is 3.59. The van der Waals surface area contributed by atoms with Gasteiger partial charge in [0.2, 0.25) is 0 Å². The second-order valence-corrected chi connectivity index (χ2v) is 4.45. The molecule has 0 aliphatic heterocycles. The van der Waals surface area contributed by atoms with Gasteiger partial charge in [0.15, 0.2) is 17.6 Å². The maximum Gasteiger partial charge on any atom is 0.346 e. The lowest BCUT2D eigenvalue weighted by Crippen LogP contribution is -2.25. The van der Waals surface area contributed by atoms with Gasteiger partial charge in [-0.05, 0) is 40.5 Å². The molecule has 0 aromatic heterocycles. The number of methoxy groups -OCH3 is 2. The van der Waals surface area contributed by atoms with Crippen molar-refractivity contribution in [1.29, 1.82) is 0 Å². The molecule has 0 bridgehead atoms. The summed E-state index contributed by atoms with van der Waals surface area (Å²) >= 11 is 3.37. The molecule has 0 saturated carbocycles. The van der Waals surface area contributed by atoms with Gasteiger partial charge >= 0.3 is 5.97 Å². The highest BCUT2D eigenvalue weighted by atomic mass is 79.9. The van der Waals surface area contributed by atoms with Crippen LogP contribution in [0.1, 0.15) is 12.5 Å². The first-order valence-electron chi connectivity index (χ1n) is 5.34. The van der Waals surface area contributed by atoms with E-state index in [0.717, 1.165) is 5.56 Å². The minimum atomic E-state index is -0.719. The predicted octanol–water partition coefficient (Wildman–Crippen LogP) is 1.86. The Hall–Kier alpha value is -1.27. The molecule has 1 rings (SSSR count). The molecular weight excluding hydrogens is 302 g/mol. The number of benzene rings is 1. The third kappa shape index (κ3) is 3.36. The Bertz CT molecular complexity index is 436. The number of halogens is 1. The first-order valence-corrected chi connectivity index (χ1v) is 6.13. The Morgan fingerprint density at radius 2 is 2.11 bits per heavy atom. The third-order valence-corrected chi connectivity index (χ3v) is 2.94. The molecule has 0 amide bonds. The minimum absolute atomic E-state index is 0.391. The van der Waals surface area contributed by atoms with Gasteiger partial charge in [-0.1, -0.05) is 0 Å². The van der Waals surface area contributed by atoms with Crippen molar-refractivity contribution >= 4 is 21.9 Å². The Balaban J connectivity index is 3.04. The summed E-state index contributed by atoms with van der Waals surface area (Å²) in [5.41, 5.74) is 6.47. The second kappa shape index (κ2) is 6.61. The highest BCUT2D eigenvalue weighted by Gasteiger charge is 2.19. The fourth-order valence-electron chi connectivity index (χ4n) is 1.40. The number of hydrogen-bond donors (Lipinski definition) is 1. The first-order chi connectivity index (χ1) is 8.53. The van der Waals surface area contributed by atoms with Gasteiger partial charge in [0.25, 0.3) is 0 Å². The molecule has 0 aliphatic carbocycles. The zero-order valence-electron chi connectivity index (χ0n) is 10.5. The first kappa shape index (κ1) is 14.8. The lowest BCUT2D eigenvalue weighted by atomic mass is 10.2. The van der Waals surface area contributed by atoms with Gasteiger partial charge in [-0.15, -0.1) is 0 Å². The molecule has 1 unspecified atom stereocenters. The molecule has 6 heteroatoms. The smallest absolute Gasteiger partial charge is 0.346 e. The molecule has 0 aliphatic rings. The van der Waals surface area contributed by atoms with E-state index < -0.39 is 12.1 Å². The van der Waals surface area contributed by atoms with Crippen molar-refractivity contribution < 1.29 is 19.0 Å². The average molecular weight is 318 g/mol. The van der Waals surface area contributed by atoms with Gasteiger partial charge in [-0.2, -0.15) is 0 Å². The monoisotopic (exact) mass is 317 g/mol. The number of carbonyl (C=O) groups excluding carboxylic acids is 1. The number of esters is 1. The van der Waals surface area contributed by atoms with Crippen LogP contribution in [-0.2, 0) is 16.1 Å². The van der Waals surface area contributed by atoms with Crippen molar-refractivity contribution in [2.24, 2.45) is 5.73 Å². The second-order valence-electron chi connectivity index (χ2n) is 3.60. The van der Waals surface area contributed by atoms with Gasteiger partial charge in [0, 0.05) is 6.54 Å². The fourth-order valence-corrected chi connectivity index (χ4v) is 1.98. The van der Waals surface area contributed by atoms with Crippen LogP contribution >= 0.6 is 15.9 Å². The van der Waals surface area contributed by atoms with Crippen LogP contribution in [0, 0.1) is 0 Å². The molecule has 100 valence electrons. The van der Waals surface area contributed by atoms with E-state index >= 15 is 0 Å². The van der Waals surface area contributed by atoms with Crippen LogP contribution in [0.3, 0.4) is 0 Å². The van der Waals surface area contributed by atoms with E-state index in [9.17, 15) is 4.79 Å². The number of rotatable bonds is 5. The molecule has 5 nitrogen and oxygen atoms in total. The van der Waals surface area contributed by atoms with Gasteiger partial charge in [0.1, 0.15) is 0 Å². The molecule has 18 heavy (non-hydrogen) atoms. The maximum absolute atomic E-state index is 11.3. The van der Waals surface area contributed by atoms with E-state index in [0.29, 0.717) is 22.5 Å². The van der Waals surface area contributed by atoms with Crippen LogP contribution in [0.4, 0.5) is 0 Å². The molecule has 1 aromatic rings. The Morgan fingerprint density at radius 1 is 1.44 bits per heavy atom. The van der Waals surface area contributed by atoms with Crippen molar-refractivity contribution in [1.82, 2.24) is 0 Å². The molecule has 0 saturated heterocycles. The molecule has 0 fully saturated rings. The molecule has 0 heterocycles. The van der Waals surface area contributed by atoms with Gasteiger partial charge in [-0.3, -0.25) is 0 Å². The van der Waals surface area contributed by atoms with Gasteiger partial charge in [-0.25, -0.2) is 4.79 Å². The van der Waals surface area contributed by atoms with Crippen molar-refractivity contribution in [2.75, 3.05) is 14.2 Å². The molecular formula is C12H16BrNO4. The SMILES string of the molecule is COC(=O)C(C)Oc1c(Br)cc(CN)cc1OC. The van der Waals surface area contributed by atoms with Crippen LogP contribution in [0.2, 0.25) is 0 Å². The topological polar surface area (TPSA) is 70.8 Å². The largest absolute Gasteiger partial charge is 0.493 e. The Labute approximate surface area is 114 Å². The summed E-state index contributed by atoms with van der Waals surface area (Å²) in [6.07, 6.45) is -0.719. The van der Waals surface area contributed by atoms with E-state index in [4.69, 9.17) is 15.2 Å². The summed E-state index contributed by atoms with van der Waals surface area (Å²) in [7, 11) is 2.84. The maximum atomic E-state index is 11.3. The van der Waals surface area contributed by atoms with E-state index in [1.165, 1.54) is 14.2 Å². The van der Waals surface area contributed by atoms with Crippen molar-refractivity contribution in [2.45, 2.75) is 19.6 Å². The lowest BCUT2D eigenvalue weighted by Gasteiger charge is -2.17. The van der Waals surface area contributed by atoms with Gasteiger partial charge < -0.3 is 19.9 Å². The Kier molecular flexibility index (Phi) is 5.43. The van der Waals surface area contributed by atoms with Crippen molar-refractivity contribution in [3.63, 3.8) is 0 Å². The number of nitrogens with two attached hydrogens (primary N) is 1. The van der Waals surface area contributed by atoms with Crippen LogP contribution < -0.4 is 15.2 Å². The molecule has 0 radical (unpaired) electrons. The van der Waals surface area contributed by atoms with E-state index in [-0.39, 0.29) is 0 Å². The normalized spacial score (nSPS) is 11.8. The molecule has 0 spiro atoms. The van der Waals surface area contributed by atoms with E-state index in [2.05, 4.69) is 20.7 Å². The van der Waals surface area contributed by atoms with Crippen LogP contribution in [0.5, 0.6) is 11.5 Å². The summed E-state index contributed by atoms with van der Waals surface area (Å²) in [5, 5.41) is 0. The van der Waals surface area contributed by atoms with E-state index in [1.807, 2.05) is 6.07 Å². The summed E-state index contributed by atoms with van der Waals surface area (Å²) in [6.45, 7) is 2.00. The lowest BCUT2D eigenvalue weighted by molar-refractivity contribution is -0.147. The van der Waals surface area contributed by atoms with Crippen molar-refractivity contribution in [3.8, 4) is 11.5 Å². The van der Waals surface area contributed by atoms with Crippen LogP contribution in [0.15, 0.2) is 16.6 Å². The number of hydrogen-bond acceptors (Lipinski definition) is 5. The standard InChI is InChI=1S/C12H16BrNO4/c1-7(12(15)17-3)18-11-9(13)4-8(6-14)5-10(11)16-2/h4-5,7H,6,14H2,1-3H3. The van der Waals surface area contributed by atoms with E-state index in [1.54, 1.807) is 13.0 Å². The fraction of sp³-hybridized carbons (Fsp3) is 0.417. The van der Waals surface area contributed by atoms with Crippen LogP contribution in [0.25, 0.3) is 0 Å². The van der Waals surface area contributed by atoms with Gasteiger partial charge in [0.05, 0.1) is 18.7 Å². The highest BCUT2D eigenvalue weighted by molar-refractivity contribution is 9.10.